The quantitative estimate of drug-likeness (QED) is 0.330. The molecule has 1 amide bonds. The van der Waals surface area contributed by atoms with Crippen LogP contribution in [0.1, 0.15) is 10.4 Å². The van der Waals surface area contributed by atoms with Crippen LogP contribution in [0.25, 0.3) is 0 Å². The van der Waals surface area contributed by atoms with Crippen molar-refractivity contribution < 1.29 is 23.3 Å². The van der Waals surface area contributed by atoms with E-state index in [1.54, 1.807) is 0 Å². The lowest BCUT2D eigenvalue weighted by molar-refractivity contribution is -0.387. The average Bonchev–Trinajstić information content (AvgIpc) is 2.17. The molecule has 6 nitrogen and oxygen atoms in total. The lowest BCUT2D eigenvalue weighted by Crippen LogP contribution is -2.06. The van der Waals surface area contributed by atoms with E-state index in [1.165, 1.54) is 0 Å². The summed E-state index contributed by atoms with van der Waals surface area (Å²) in [5.74, 6) is -4.57. The molecular formula is C8H2F2N2O4. The second kappa shape index (κ2) is 4.37. The zero-order valence-electron chi connectivity index (χ0n) is 7.44. The van der Waals surface area contributed by atoms with Crippen molar-refractivity contribution in [2.45, 2.75) is 0 Å². The van der Waals surface area contributed by atoms with Gasteiger partial charge in [0.1, 0.15) is 11.4 Å². The predicted molar refractivity (Wildman–Crippen MR) is 45.5 cm³/mol. The number of amides is 1. The molecule has 8 heteroatoms. The summed E-state index contributed by atoms with van der Waals surface area (Å²) in [4.78, 5) is 32.3. The monoisotopic (exact) mass is 228 g/mol. The van der Waals surface area contributed by atoms with Gasteiger partial charge in [-0.3, -0.25) is 14.9 Å². The van der Waals surface area contributed by atoms with Gasteiger partial charge in [0, 0.05) is 6.07 Å². The first kappa shape index (κ1) is 11.6. The molecule has 0 atom stereocenters. The topological polar surface area (TPSA) is 89.6 Å². The molecule has 0 saturated carbocycles. The van der Waals surface area contributed by atoms with Gasteiger partial charge in [-0.15, -0.1) is 4.99 Å². The highest BCUT2D eigenvalue weighted by Gasteiger charge is 2.25. The summed E-state index contributed by atoms with van der Waals surface area (Å²) < 4.78 is 26.3. The number of nitro benzene ring substituents is 1. The van der Waals surface area contributed by atoms with Crippen molar-refractivity contribution >= 4 is 17.7 Å². The zero-order chi connectivity index (χ0) is 12.3. The van der Waals surface area contributed by atoms with Crippen LogP contribution in [0.5, 0.6) is 0 Å². The minimum atomic E-state index is -1.67. The van der Waals surface area contributed by atoms with Crippen LogP contribution >= 0.6 is 0 Å². The van der Waals surface area contributed by atoms with Gasteiger partial charge in [0.15, 0.2) is 0 Å². The van der Waals surface area contributed by atoms with Crippen LogP contribution < -0.4 is 0 Å². The molecule has 0 fully saturated rings. The lowest BCUT2D eigenvalue weighted by atomic mass is 10.1. The number of hydrogen-bond donors (Lipinski definition) is 0. The fourth-order valence-corrected chi connectivity index (χ4v) is 0.976. The highest BCUT2D eigenvalue weighted by Crippen LogP contribution is 2.23. The minimum absolute atomic E-state index is 0.536. The Morgan fingerprint density at radius 2 is 2.06 bits per heavy atom. The summed E-state index contributed by atoms with van der Waals surface area (Å²) in [6.07, 6.45) is 0.791. The second-order valence-corrected chi connectivity index (χ2v) is 2.52. The molecule has 16 heavy (non-hydrogen) atoms. The molecule has 0 saturated heterocycles. The molecule has 82 valence electrons. The molecular weight excluding hydrogens is 226 g/mol. The van der Waals surface area contributed by atoms with Gasteiger partial charge in [0.2, 0.25) is 11.9 Å². The molecule has 0 aliphatic rings. The maximum absolute atomic E-state index is 13.3. The van der Waals surface area contributed by atoms with Crippen molar-refractivity contribution in [3.8, 4) is 0 Å². The Balaban J connectivity index is 3.49. The maximum atomic E-state index is 13.3. The number of carbonyl (C=O) groups is 1. The van der Waals surface area contributed by atoms with E-state index in [1.807, 2.05) is 0 Å². The summed E-state index contributed by atoms with van der Waals surface area (Å²) in [6, 6.07) is 1.10. The average molecular weight is 228 g/mol. The Labute approximate surface area is 86.4 Å². The molecule has 0 radical (unpaired) electrons. The van der Waals surface area contributed by atoms with Crippen molar-refractivity contribution in [1.29, 1.82) is 0 Å². The van der Waals surface area contributed by atoms with E-state index >= 15 is 0 Å². The number of aliphatic imine (C=N–C) groups is 1. The van der Waals surface area contributed by atoms with Crippen molar-refractivity contribution in [3.05, 3.63) is 39.4 Å². The third-order valence-corrected chi connectivity index (χ3v) is 1.63. The Bertz CT molecular complexity index is 523. The number of benzene rings is 1. The lowest BCUT2D eigenvalue weighted by Gasteiger charge is -1.99. The maximum Gasteiger partial charge on any atom is 0.305 e. The minimum Gasteiger partial charge on any atom is -0.266 e. The Morgan fingerprint density at radius 1 is 1.44 bits per heavy atom. The molecule has 1 rings (SSSR count). The summed E-state index contributed by atoms with van der Waals surface area (Å²) in [5, 5.41) is 10.3. The van der Waals surface area contributed by atoms with Gasteiger partial charge in [0.05, 0.1) is 4.92 Å². The number of nitro groups is 1. The summed E-state index contributed by atoms with van der Waals surface area (Å²) in [7, 11) is 0. The molecule has 0 aliphatic carbocycles. The first-order valence-corrected chi connectivity index (χ1v) is 3.73. The molecule has 0 N–H and O–H groups in total. The molecule has 1 aromatic rings. The van der Waals surface area contributed by atoms with E-state index in [4.69, 9.17) is 0 Å². The Morgan fingerprint density at radius 3 is 2.56 bits per heavy atom. The summed E-state index contributed by atoms with van der Waals surface area (Å²) >= 11 is 0. The normalized spacial score (nSPS) is 9.38. The zero-order valence-corrected chi connectivity index (χ0v) is 7.44. The van der Waals surface area contributed by atoms with Crippen LogP contribution in [0, 0.1) is 21.7 Å². The fraction of sp³-hybridized carbons (Fsp3) is 0. The van der Waals surface area contributed by atoms with Crippen LogP contribution in [0.3, 0.4) is 0 Å². The van der Waals surface area contributed by atoms with Gasteiger partial charge in [-0.05, 0) is 6.07 Å². The van der Waals surface area contributed by atoms with Gasteiger partial charge < -0.3 is 0 Å². The van der Waals surface area contributed by atoms with Gasteiger partial charge in [-0.25, -0.2) is 9.18 Å². The van der Waals surface area contributed by atoms with Crippen LogP contribution in [-0.2, 0) is 4.79 Å². The number of rotatable bonds is 2. The van der Waals surface area contributed by atoms with Gasteiger partial charge in [0.25, 0.3) is 5.91 Å². The number of nitrogens with zero attached hydrogens (tertiary/aromatic N) is 2. The first-order valence-electron chi connectivity index (χ1n) is 3.73. The smallest absolute Gasteiger partial charge is 0.266 e. The van der Waals surface area contributed by atoms with E-state index in [2.05, 4.69) is 4.99 Å². The van der Waals surface area contributed by atoms with Crippen molar-refractivity contribution in [1.82, 2.24) is 0 Å². The van der Waals surface area contributed by atoms with Gasteiger partial charge in [-0.1, -0.05) is 0 Å². The number of halogens is 2. The fourth-order valence-electron chi connectivity index (χ4n) is 0.976. The summed E-state index contributed by atoms with van der Waals surface area (Å²) in [5.41, 5.74) is -2.33. The predicted octanol–water partition coefficient (Wildman–Crippen LogP) is 1.35. The van der Waals surface area contributed by atoms with Crippen LogP contribution in [0.15, 0.2) is 17.1 Å². The number of isocyanates is 1. The van der Waals surface area contributed by atoms with Gasteiger partial charge in [-0.2, -0.15) is 4.39 Å². The van der Waals surface area contributed by atoms with E-state index in [9.17, 15) is 28.5 Å². The third kappa shape index (κ3) is 1.96. The van der Waals surface area contributed by atoms with Crippen LogP contribution in [0.4, 0.5) is 14.5 Å². The Hall–Kier alpha value is -2.47. The molecule has 1 aromatic carbocycles. The highest BCUT2D eigenvalue weighted by molar-refractivity contribution is 5.98. The molecule has 0 spiro atoms. The largest absolute Gasteiger partial charge is 0.305 e. The van der Waals surface area contributed by atoms with E-state index in [0.717, 1.165) is 6.08 Å². The van der Waals surface area contributed by atoms with Crippen LogP contribution in [0.2, 0.25) is 0 Å². The summed E-state index contributed by atoms with van der Waals surface area (Å²) in [6.45, 7) is 0. The molecule has 0 heterocycles. The number of hydrogen-bond acceptors (Lipinski definition) is 4. The van der Waals surface area contributed by atoms with Crippen molar-refractivity contribution in [2.75, 3.05) is 0 Å². The molecule has 0 aliphatic heterocycles. The second-order valence-electron chi connectivity index (χ2n) is 2.52. The Kier molecular flexibility index (Phi) is 3.17. The van der Waals surface area contributed by atoms with E-state index < -0.39 is 33.7 Å². The van der Waals surface area contributed by atoms with Crippen LogP contribution in [-0.4, -0.2) is 16.9 Å². The van der Waals surface area contributed by atoms with Gasteiger partial charge >= 0.3 is 5.69 Å². The molecule has 0 aromatic heterocycles. The van der Waals surface area contributed by atoms with Crippen molar-refractivity contribution in [3.63, 3.8) is 0 Å². The third-order valence-electron chi connectivity index (χ3n) is 1.63. The highest BCUT2D eigenvalue weighted by atomic mass is 19.1. The van der Waals surface area contributed by atoms with E-state index in [0.29, 0.717) is 12.1 Å². The first-order chi connectivity index (χ1) is 7.49. The SMILES string of the molecule is O=C=NC(=O)c1c(F)ccc([N+](=O)[O-])c1F. The van der Waals surface area contributed by atoms with E-state index in [-0.39, 0.29) is 0 Å². The number of carbonyl (C=O) groups excluding carboxylic acids is 2. The molecule has 0 bridgehead atoms. The molecule has 0 unspecified atom stereocenters. The van der Waals surface area contributed by atoms with Crippen molar-refractivity contribution in [2.24, 2.45) is 4.99 Å². The standard InChI is InChI=1S/C8H2F2N2O4/c9-4-1-2-5(12(15)16)7(10)6(4)8(14)11-3-13/h1-2H.